The third-order valence-electron chi connectivity index (χ3n) is 5.65. The van der Waals surface area contributed by atoms with Gasteiger partial charge in [-0.25, -0.2) is 0 Å². The number of carbonyl (C=O) groups excluding carboxylic acids is 1. The molecule has 7 nitrogen and oxygen atoms in total. The fourth-order valence-corrected chi connectivity index (χ4v) is 3.93. The fraction of sp³-hybridized carbons (Fsp3) is 0.778. The minimum Gasteiger partial charge on any atom is -0.392 e. The lowest BCUT2D eigenvalue weighted by Gasteiger charge is -2.56. The predicted molar refractivity (Wildman–Crippen MR) is 92.1 cm³/mol. The number of rotatable bonds is 6. The zero-order valence-electron chi connectivity index (χ0n) is 15.4. The average molecular weight is 351 g/mol. The number of likely N-dealkylation sites (tertiary alicyclic amines) is 1. The molecular weight excluding hydrogens is 322 g/mol. The minimum absolute atomic E-state index is 0.0601. The number of aliphatic hydroxyl groups excluding tert-OH is 1. The first-order valence-corrected chi connectivity index (χ1v) is 9.05. The molecule has 1 aromatic rings. The van der Waals surface area contributed by atoms with Gasteiger partial charge in [0.15, 0.2) is 0 Å². The SMILES string of the molecule is Cc1cc(CC(=O)N2CCC3(CC2)C(O)CC3OCCN(C)C)on1. The highest BCUT2D eigenvalue weighted by Gasteiger charge is 2.56. The second kappa shape index (κ2) is 7.43. The van der Waals surface area contributed by atoms with Gasteiger partial charge in [-0.2, -0.15) is 0 Å². The van der Waals surface area contributed by atoms with E-state index in [0.717, 1.165) is 25.1 Å². The molecule has 25 heavy (non-hydrogen) atoms. The largest absolute Gasteiger partial charge is 0.392 e. The van der Waals surface area contributed by atoms with E-state index in [1.165, 1.54) is 0 Å². The summed E-state index contributed by atoms with van der Waals surface area (Å²) < 4.78 is 11.2. The van der Waals surface area contributed by atoms with Crippen LogP contribution in [0.25, 0.3) is 0 Å². The van der Waals surface area contributed by atoms with Gasteiger partial charge >= 0.3 is 0 Å². The summed E-state index contributed by atoms with van der Waals surface area (Å²) in [5.74, 6) is 0.668. The first-order valence-electron chi connectivity index (χ1n) is 9.05. The lowest BCUT2D eigenvalue weighted by atomic mass is 9.58. The zero-order valence-corrected chi connectivity index (χ0v) is 15.4. The second-order valence-corrected chi connectivity index (χ2v) is 7.64. The molecule has 0 bridgehead atoms. The van der Waals surface area contributed by atoms with E-state index in [2.05, 4.69) is 10.1 Å². The lowest BCUT2D eigenvalue weighted by molar-refractivity contribution is -0.212. The molecule has 0 aromatic carbocycles. The van der Waals surface area contributed by atoms with Gasteiger partial charge in [-0.1, -0.05) is 5.16 Å². The number of aromatic nitrogens is 1. The van der Waals surface area contributed by atoms with Crippen molar-refractivity contribution in [1.82, 2.24) is 15.0 Å². The van der Waals surface area contributed by atoms with Gasteiger partial charge < -0.3 is 24.2 Å². The molecule has 1 amide bonds. The molecule has 140 valence electrons. The molecule has 2 atom stereocenters. The Morgan fingerprint density at radius 3 is 2.76 bits per heavy atom. The van der Waals surface area contributed by atoms with Gasteiger partial charge in [0.05, 0.1) is 30.9 Å². The Hall–Kier alpha value is -1.44. The van der Waals surface area contributed by atoms with Crippen LogP contribution in [-0.4, -0.2) is 78.5 Å². The van der Waals surface area contributed by atoms with Crippen molar-refractivity contribution in [3.63, 3.8) is 0 Å². The molecule has 1 aromatic heterocycles. The summed E-state index contributed by atoms with van der Waals surface area (Å²) in [6, 6.07) is 1.80. The van der Waals surface area contributed by atoms with Crippen LogP contribution in [0.2, 0.25) is 0 Å². The minimum atomic E-state index is -0.314. The highest BCUT2D eigenvalue weighted by molar-refractivity contribution is 5.78. The summed E-state index contributed by atoms with van der Waals surface area (Å²) in [7, 11) is 4.05. The molecule has 1 saturated heterocycles. The van der Waals surface area contributed by atoms with Crippen molar-refractivity contribution in [1.29, 1.82) is 0 Å². The van der Waals surface area contributed by atoms with Crippen LogP contribution in [0.4, 0.5) is 0 Å². The first kappa shape index (κ1) is 18.4. The normalized spacial score (nSPS) is 25.4. The number of hydrogen-bond acceptors (Lipinski definition) is 6. The van der Waals surface area contributed by atoms with Crippen LogP contribution < -0.4 is 0 Å². The first-order chi connectivity index (χ1) is 11.9. The second-order valence-electron chi connectivity index (χ2n) is 7.64. The summed E-state index contributed by atoms with van der Waals surface area (Å²) in [6.07, 6.45) is 2.34. The van der Waals surface area contributed by atoms with E-state index >= 15 is 0 Å². The number of ether oxygens (including phenoxy) is 1. The predicted octanol–water partition coefficient (Wildman–Crippen LogP) is 0.846. The van der Waals surface area contributed by atoms with Crippen molar-refractivity contribution in [3.05, 3.63) is 17.5 Å². The molecule has 3 rings (SSSR count). The van der Waals surface area contributed by atoms with Crippen LogP contribution in [0.5, 0.6) is 0 Å². The summed E-state index contributed by atoms with van der Waals surface area (Å²) in [4.78, 5) is 16.4. The van der Waals surface area contributed by atoms with Gasteiger partial charge in [0, 0.05) is 37.5 Å². The van der Waals surface area contributed by atoms with Gasteiger partial charge in [-0.3, -0.25) is 4.79 Å². The smallest absolute Gasteiger partial charge is 0.230 e. The third kappa shape index (κ3) is 3.88. The quantitative estimate of drug-likeness (QED) is 0.818. The van der Waals surface area contributed by atoms with Gasteiger partial charge in [0.1, 0.15) is 5.76 Å². The van der Waals surface area contributed by atoms with Gasteiger partial charge in [0.2, 0.25) is 5.91 Å². The third-order valence-corrected chi connectivity index (χ3v) is 5.65. The molecule has 1 aliphatic heterocycles. The van der Waals surface area contributed by atoms with Gasteiger partial charge in [0.25, 0.3) is 0 Å². The van der Waals surface area contributed by atoms with E-state index in [1.807, 2.05) is 25.9 Å². The van der Waals surface area contributed by atoms with Crippen LogP contribution >= 0.6 is 0 Å². The Morgan fingerprint density at radius 2 is 2.20 bits per heavy atom. The summed E-state index contributed by atoms with van der Waals surface area (Å²) in [5, 5.41) is 14.2. The molecule has 1 spiro atoms. The van der Waals surface area contributed by atoms with E-state index in [-0.39, 0.29) is 30.0 Å². The summed E-state index contributed by atoms with van der Waals surface area (Å²) >= 11 is 0. The van der Waals surface area contributed by atoms with Crippen LogP contribution in [0, 0.1) is 12.3 Å². The molecule has 7 heteroatoms. The van der Waals surface area contributed by atoms with Crippen molar-refractivity contribution in [2.75, 3.05) is 40.3 Å². The van der Waals surface area contributed by atoms with Crippen LogP contribution in [0.3, 0.4) is 0 Å². The molecule has 2 aliphatic rings. The monoisotopic (exact) mass is 351 g/mol. The van der Waals surface area contributed by atoms with Gasteiger partial charge in [-0.15, -0.1) is 0 Å². The highest BCUT2D eigenvalue weighted by atomic mass is 16.5. The molecule has 1 aliphatic carbocycles. The number of hydrogen-bond donors (Lipinski definition) is 1. The Bertz CT molecular complexity index is 593. The molecular formula is C18H29N3O4. The average Bonchev–Trinajstić information content (AvgIpc) is 2.98. The maximum atomic E-state index is 12.4. The van der Waals surface area contributed by atoms with Crippen LogP contribution in [0.15, 0.2) is 10.6 Å². The molecule has 2 unspecified atom stereocenters. The number of amides is 1. The number of aliphatic hydroxyl groups is 1. The van der Waals surface area contributed by atoms with E-state index in [9.17, 15) is 9.90 Å². The van der Waals surface area contributed by atoms with Crippen molar-refractivity contribution in [2.45, 2.75) is 44.8 Å². The number of nitrogens with zero attached hydrogens (tertiary/aromatic N) is 3. The Kier molecular flexibility index (Phi) is 5.46. The van der Waals surface area contributed by atoms with Crippen molar-refractivity contribution in [2.24, 2.45) is 5.41 Å². The lowest BCUT2D eigenvalue weighted by Crippen LogP contribution is -2.63. The molecule has 2 fully saturated rings. The van der Waals surface area contributed by atoms with E-state index in [0.29, 0.717) is 31.9 Å². The molecule has 2 heterocycles. The number of likely N-dealkylation sites (N-methyl/N-ethyl adjacent to an activating group) is 1. The number of aryl methyl sites for hydroxylation is 1. The highest BCUT2D eigenvalue weighted by Crippen LogP contribution is 2.50. The topological polar surface area (TPSA) is 79.0 Å². The van der Waals surface area contributed by atoms with E-state index in [4.69, 9.17) is 9.26 Å². The Balaban J connectivity index is 1.50. The maximum Gasteiger partial charge on any atom is 0.230 e. The number of piperidine rings is 1. The Labute approximate surface area is 148 Å². The standard InChI is InChI=1S/C18H29N3O4/c1-13-10-14(25-19-13)11-17(23)21-6-4-18(5-7-21)15(22)12-16(18)24-9-8-20(2)3/h10,15-16,22H,4-9,11-12H2,1-3H3. The van der Waals surface area contributed by atoms with Crippen LogP contribution in [0.1, 0.15) is 30.7 Å². The van der Waals surface area contributed by atoms with Crippen molar-refractivity contribution < 1.29 is 19.2 Å². The Morgan fingerprint density at radius 1 is 1.48 bits per heavy atom. The van der Waals surface area contributed by atoms with Gasteiger partial charge in [-0.05, 0) is 33.9 Å². The van der Waals surface area contributed by atoms with E-state index < -0.39 is 0 Å². The fourth-order valence-electron chi connectivity index (χ4n) is 3.93. The van der Waals surface area contributed by atoms with Crippen molar-refractivity contribution in [3.8, 4) is 0 Å². The van der Waals surface area contributed by atoms with E-state index in [1.54, 1.807) is 6.07 Å². The summed E-state index contributed by atoms with van der Waals surface area (Å²) in [5.41, 5.74) is 0.613. The van der Waals surface area contributed by atoms with Crippen LogP contribution in [-0.2, 0) is 16.0 Å². The molecule has 1 N–H and O–H groups in total. The maximum absolute atomic E-state index is 12.4. The number of carbonyl (C=O) groups is 1. The van der Waals surface area contributed by atoms with Crippen molar-refractivity contribution >= 4 is 5.91 Å². The molecule has 1 saturated carbocycles. The molecule has 0 radical (unpaired) electrons. The summed E-state index contributed by atoms with van der Waals surface area (Å²) in [6.45, 7) is 4.73. The zero-order chi connectivity index (χ0) is 18.0.